The van der Waals surface area contributed by atoms with E-state index in [2.05, 4.69) is 10.6 Å². The number of nitrogens with one attached hydrogen (secondary N) is 2. The van der Waals surface area contributed by atoms with Gasteiger partial charge in [-0.15, -0.1) is 0 Å². The second-order valence-corrected chi connectivity index (χ2v) is 8.04. The SMILES string of the molecule is CCS(=O)(=O)c1ccc(O)c(NC(=O)CNC(=O)c2cccc(Cl)c2)c1. The fraction of sp³-hybridized carbons (Fsp3) is 0.176. The maximum atomic E-state index is 12.0. The molecule has 0 bridgehead atoms. The zero-order chi connectivity index (χ0) is 19.3. The van der Waals surface area contributed by atoms with E-state index in [0.717, 1.165) is 0 Å². The molecule has 0 heterocycles. The summed E-state index contributed by atoms with van der Waals surface area (Å²) in [7, 11) is -3.48. The molecule has 0 aromatic heterocycles. The second kappa shape index (κ2) is 8.20. The molecule has 0 atom stereocenters. The Kier molecular flexibility index (Phi) is 6.23. The van der Waals surface area contributed by atoms with E-state index >= 15 is 0 Å². The summed E-state index contributed by atoms with van der Waals surface area (Å²) in [5.74, 6) is -1.51. The van der Waals surface area contributed by atoms with Crippen LogP contribution in [0.2, 0.25) is 5.02 Å². The van der Waals surface area contributed by atoms with Crippen LogP contribution >= 0.6 is 11.6 Å². The number of rotatable bonds is 6. The fourth-order valence-electron chi connectivity index (χ4n) is 2.06. The van der Waals surface area contributed by atoms with Crippen molar-refractivity contribution in [2.45, 2.75) is 11.8 Å². The first kappa shape index (κ1) is 19.7. The van der Waals surface area contributed by atoms with E-state index in [1.165, 1.54) is 31.2 Å². The minimum atomic E-state index is -3.48. The number of aromatic hydroxyl groups is 1. The van der Waals surface area contributed by atoms with Gasteiger partial charge in [-0.3, -0.25) is 9.59 Å². The summed E-state index contributed by atoms with van der Waals surface area (Å²) >= 11 is 5.80. The highest BCUT2D eigenvalue weighted by molar-refractivity contribution is 7.91. The number of phenols is 1. The number of amides is 2. The van der Waals surface area contributed by atoms with Crippen molar-refractivity contribution in [1.82, 2.24) is 5.32 Å². The van der Waals surface area contributed by atoms with E-state index in [4.69, 9.17) is 11.6 Å². The Balaban J connectivity index is 2.04. The van der Waals surface area contributed by atoms with Gasteiger partial charge in [0, 0.05) is 10.6 Å². The minimum Gasteiger partial charge on any atom is -0.506 e. The molecule has 0 aliphatic heterocycles. The van der Waals surface area contributed by atoms with Crippen molar-refractivity contribution >= 4 is 38.9 Å². The molecule has 0 radical (unpaired) electrons. The van der Waals surface area contributed by atoms with Crippen LogP contribution in [0.15, 0.2) is 47.4 Å². The average Bonchev–Trinajstić information content (AvgIpc) is 2.61. The lowest BCUT2D eigenvalue weighted by Gasteiger charge is -2.10. The number of benzene rings is 2. The Labute approximate surface area is 155 Å². The lowest BCUT2D eigenvalue weighted by molar-refractivity contribution is -0.115. The summed E-state index contributed by atoms with van der Waals surface area (Å²) in [6, 6.07) is 9.84. The van der Waals surface area contributed by atoms with E-state index in [9.17, 15) is 23.1 Å². The van der Waals surface area contributed by atoms with Gasteiger partial charge in [-0.1, -0.05) is 24.6 Å². The topological polar surface area (TPSA) is 113 Å². The molecule has 3 N–H and O–H groups in total. The number of phenolic OH excluding ortho intramolecular Hbond substituents is 1. The molecule has 0 saturated heterocycles. The van der Waals surface area contributed by atoms with E-state index in [-0.39, 0.29) is 28.6 Å². The van der Waals surface area contributed by atoms with Crippen LogP contribution in [0.5, 0.6) is 5.75 Å². The molecular weight excluding hydrogens is 380 g/mol. The standard InChI is InChI=1S/C17H17ClN2O5S/c1-2-26(24,25)13-6-7-15(21)14(9-13)20-16(22)10-19-17(23)11-4-3-5-12(18)8-11/h3-9,21H,2,10H2,1H3,(H,19,23)(H,20,22). The average molecular weight is 397 g/mol. The summed E-state index contributed by atoms with van der Waals surface area (Å²) in [6.07, 6.45) is 0. The van der Waals surface area contributed by atoms with Crippen LogP contribution in [0.25, 0.3) is 0 Å². The van der Waals surface area contributed by atoms with Crippen molar-refractivity contribution in [1.29, 1.82) is 0 Å². The van der Waals surface area contributed by atoms with Crippen LogP contribution in [0.4, 0.5) is 5.69 Å². The molecule has 7 nitrogen and oxygen atoms in total. The Morgan fingerprint density at radius 3 is 2.54 bits per heavy atom. The van der Waals surface area contributed by atoms with Crippen LogP contribution < -0.4 is 10.6 Å². The predicted molar refractivity (Wildman–Crippen MR) is 98.2 cm³/mol. The maximum absolute atomic E-state index is 12.0. The number of carbonyl (C=O) groups is 2. The molecule has 2 amide bonds. The third-order valence-electron chi connectivity index (χ3n) is 3.48. The van der Waals surface area contributed by atoms with Gasteiger partial charge in [0.05, 0.1) is 22.9 Å². The summed E-state index contributed by atoms with van der Waals surface area (Å²) in [4.78, 5) is 23.9. The first-order valence-corrected chi connectivity index (χ1v) is 9.65. The van der Waals surface area contributed by atoms with Crippen molar-refractivity contribution in [2.75, 3.05) is 17.6 Å². The Morgan fingerprint density at radius 2 is 1.88 bits per heavy atom. The number of sulfone groups is 1. The van der Waals surface area contributed by atoms with E-state index in [1.54, 1.807) is 18.2 Å². The summed E-state index contributed by atoms with van der Waals surface area (Å²) < 4.78 is 23.8. The highest BCUT2D eigenvalue weighted by atomic mass is 35.5. The van der Waals surface area contributed by atoms with Gasteiger partial charge in [-0.2, -0.15) is 0 Å². The van der Waals surface area contributed by atoms with Gasteiger partial charge in [0.25, 0.3) is 5.91 Å². The molecule has 2 aromatic rings. The van der Waals surface area contributed by atoms with Gasteiger partial charge in [0.1, 0.15) is 5.75 Å². The minimum absolute atomic E-state index is 0.0175. The van der Waals surface area contributed by atoms with E-state index in [0.29, 0.717) is 10.6 Å². The van der Waals surface area contributed by atoms with Crippen molar-refractivity contribution < 1.29 is 23.1 Å². The molecule has 0 aliphatic rings. The van der Waals surface area contributed by atoms with Crippen molar-refractivity contribution in [3.8, 4) is 5.75 Å². The number of hydrogen-bond acceptors (Lipinski definition) is 5. The largest absolute Gasteiger partial charge is 0.506 e. The third kappa shape index (κ3) is 4.96. The molecule has 138 valence electrons. The Morgan fingerprint density at radius 1 is 1.15 bits per heavy atom. The second-order valence-electron chi connectivity index (χ2n) is 5.32. The maximum Gasteiger partial charge on any atom is 0.251 e. The summed E-state index contributed by atoms with van der Waals surface area (Å²) in [6.45, 7) is 1.13. The molecule has 2 aromatic carbocycles. The van der Waals surface area contributed by atoms with Crippen LogP contribution in [-0.4, -0.2) is 37.6 Å². The zero-order valence-electron chi connectivity index (χ0n) is 13.8. The van der Waals surface area contributed by atoms with Crippen LogP contribution in [0.1, 0.15) is 17.3 Å². The van der Waals surface area contributed by atoms with Crippen molar-refractivity contribution in [3.05, 3.63) is 53.1 Å². The zero-order valence-corrected chi connectivity index (χ0v) is 15.4. The summed E-state index contributed by atoms with van der Waals surface area (Å²) in [5, 5.41) is 15.0. The molecule has 0 saturated carbocycles. The molecular formula is C17H17ClN2O5S. The molecule has 0 aliphatic carbocycles. The fourth-order valence-corrected chi connectivity index (χ4v) is 3.16. The smallest absolute Gasteiger partial charge is 0.251 e. The van der Waals surface area contributed by atoms with Gasteiger partial charge in [0.15, 0.2) is 9.84 Å². The molecule has 9 heteroatoms. The molecule has 0 fully saturated rings. The van der Waals surface area contributed by atoms with E-state index < -0.39 is 21.7 Å². The number of hydrogen-bond donors (Lipinski definition) is 3. The monoisotopic (exact) mass is 396 g/mol. The highest BCUT2D eigenvalue weighted by Crippen LogP contribution is 2.26. The predicted octanol–water partition coefficient (Wildman–Crippen LogP) is 2.21. The number of carbonyl (C=O) groups excluding carboxylic acids is 2. The number of anilines is 1. The normalized spacial score (nSPS) is 11.0. The highest BCUT2D eigenvalue weighted by Gasteiger charge is 2.16. The van der Waals surface area contributed by atoms with E-state index in [1.807, 2.05) is 0 Å². The Bertz CT molecular complexity index is 944. The molecule has 2 rings (SSSR count). The van der Waals surface area contributed by atoms with Crippen LogP contribution in [0, 0.1) is 0 Å². The van der Waals surface area contributed by atoms with Crippen LogP contribution in [-0.2, 0) is 14.6 Å². The lowest BCUT2D eigenvalue weighted by Crippen LogP contribution is -2.32. The Hall–Kier alpha value is -2.58. The lowest BCUT2D eigenvalue weighted by atomic mass is 10.2. The molecule has 0 unspecified atom stereocenters. The van der Waals surface area contributed by atoms with Gasteiger partial charge < -0.3 is 15.7 Å². The van der Waals surface area contributed by atoms with Gasteiger partial charge in [-0.25, -0.2) is 8.42 Å². The van der Waals surface area contributed by atoms with Crippen LogP contribution in [0.3, 0.4) is 0 Å². The van der Waals surface area contributed by atoms with Gasteiger partial charge in [-0.05, 0) is 36.4 Å². The molecule has 26 heavy (non-hydrogen) atoms. The van der Waals surface area contributed by atoms with Crippen molar-refractivity contribution in [3.63, 3.8) is 0 Å². The first-order chi connectivity index (χ1) is 12.2. The third-order valence-corrected chi connectivity index (χ3v) is 5.44. The van der Waals surface area contributed by atoms with Gasteiger partial charge in [0.2, 0.25) is 5.91 Å². The number of halogens is 1. The summed E-state index contributed by atoms with van der Waals surface area (Å²) in [5.41, 5.74) is 0.241. The van der Waals surface area contributed by atoms with Gasteiger partial charge >= 0.3 is 0 Å². The quantitative estimate of drug-likeness (QED) is 0.648. The molecule has 0 spiro atoms. The first-order valence-electron chi connectivity index (χ1n) is 7.62. The van der Waals surface area contributed by atoms with Crippen molar-refractivity contribution in [2.24, 2.45) is 0 Å².